The van der Waals surface area contributed by atoms with Crippen LogP contribution in [0.5, 0.6) is 0 Å². The summed E-state index contributed by atoms with van der Waals surface area (Å²) in [4.78, 5) is 6.92. The number of aryl methyl sites for hydroxylation is 2. The molecule has 152 valence electrons. The van der Waals surface area contributed by atoms with Gasteiger partial charge in [-0.1, -0.05) is 29.8 Å². The zero-order valence-electron chi connectivity index (χ0n) is 17.3. The van der Waals surface area contributed by atoms with E-state index in [4.69, 9.17) is 0 Å². The normalized spacial score (nSPS) is 16.3. The minimum absolute atomic E-state index is 0.719. The summed E-state index contributed by atoms with van der Waals surface area (Å²) in [6.45, 7) is 8.39. The summed E-state index contributed by atoms with van der Waals surface area (Å²) in [6.07, 6.45) is 7.34. The predicted molar refractivity (Wildman–Crippen MR) is 115 cm³/mol. The lowest BCUT2D eigenvalue weighted by atomic mass is 9.96. The second kappa shape index (κ2) is 10.9. The summed E-state index contributed by atoms with van der Waals surface area (Å²) in [7, 11) is 1.84. The highest BCUT2D eigenvalue weighted by molar-refractivity contribution is 5.79. The standard InChI is InChI=1S/C22H34N6/c1-19-5-7-21(8-6-19)18-27-15-9-20(10-16-27)17-25-22(23-2)24-11-3-13-28-14-4-12-26-28/h4-8,12,14,20H,3,9-11,13,15-18H2,1-2H3,(H2,23,24,25). The van der Waals surface area contributed by atoms with Crippen LogP contribution in [0.25, 0.3) is 0 Å². The highest BCUT2D eigenvalue weighted by atomic mass is 15.3. The van der Waals surface area contributed by atoms with Crippen LogP contribution in [0.2, 0.25) is 0 Å². The van der Waals surface area contributed by atoms with E-state index >= 15 is 0 Å². The lowest BCUT2D eigenvalue weighted by molar-refractivity contribution is 0.178. The first-order valence-corrected chi connectivity index (χ1v) is 10.4. The molecule has 1 aliphatic rings. The van der Waals surface area contributed by atoms with Crippen LogP contribution in [0, 0.1) is 12.8 Å². The van der Waals surface area contributed by atoms with Gasteiger partial charge in [-0.25, -0.2) is 0 Å². The van der Waals surface area contributed by atoms with Gasteiger partial charge < -0.3 is 10.6 Å². The molecule has 1 aromatic carbocycles. The van der Waals surface area contributed by atoms with Gasteiger partial charge in [0.25, 0.3) is 0 Å². The molecule has 2 heterocycles. The van der Waals surface area contributed by atoms with E-state index in [1.165, 1.54) is 37.1 Å². The van der Waals surface area contributed by atoms with E-state index in [1.807, 2.05) is 30.2 Å². The maximum Gasteiger partial charge on any atom is 0.190 e. The molecule has 0 spiro atoms. The maximum absolute atomic E-state index is 4.35. The lowest BCUT2D eigenvalue weighted by Gasteiger charge is -2.32. The van der Waals surface area contributed by atoms with Gasteiger partial charge in [-0.2, -0.15) is 5.10 Å². The number of likely N-dealkylation sites (tertiary alicyclic amines) is 1. The number of rotatable bonds is 8. The molecule has 0 amide bonds. The zero-order chi connectivity index (χ0) is 19.6. The van der Waals surface area contributed by atoms with Crippen LogP contribution in [0.1, 0.15) is 30.4 Å². The van der Waals surface area contributed by atoms with Crippen molar-refractivity contribution in [3.63, 3.8) is 0 Å². The van der Waals surface area contributed by atoms with Crippen molar-refractivity contribution in [1.29, 1.82) is 0 Å². The average Bonchev–Trinajstić information content (AvgIpc) is 3.24. The van der Waals surface area contributed by atoms with Crippen LogP contribution in [0.4, 0.5) is 0 Å². The van der Waals surface area contributed by atoms with Crippen molar-refractivity contribution in [2.24, 2.45) is 10.9 Å². The molecular formula is C22H34N6. The van der Waals surface area contributed by atoms with Crippen LogP contribution in [0.3, 0.4) is 0 Å². The second-order valence-electron chi connectivity index (χ2n) is 7.71. The Hall–Kier alpha value is -2.34. The van der Waals surface area contributed by atoms with E-state index in [1.54, 1.807) is 0 Å². The third kappa shape index (κ3) is 6.68. The highest BCUT2D eigenvalue weighted by Gasteiger charge is 2.19. The molecular weight excluding hydrogens is 348 g/mol. The lowest BCUT2D eigenvalue weighted by Crippen LogP contribution is -2.43. The molecule has 2 N–H and O–H groups in total. The van der Waals surface area contributed by atoms with Gasteiger partial charge in [0.15, 0.2) is 5.96 Å². The third-order valence-corrected chi connectivity index (χ3v) is 5.43. The minimum Gasteiger partial charge on any atom is -0.356 e. The van der Waals surface area contributed by atoms with Gasteiger partial charge in [-0.15, -0.1) is 0 Å². The summed E-state index contributed by atoms with van der Waals surface area (Å²) in [5, 5.41) is 11.1. The van der Waals surface area contributed by atoms with Crippen molar-refractivity contribution in [2.75, 3.05) is 33.2 Å². The number of aromatic nitrogens is 2. The average molecular weight is 383 g/mol. The summed E-state index contributed by atoms with van der Waals surface area (Å²) in [5.41, 5.74) is 2.75. The van der Waals surface area contributed by atoms with Gasteiger partial charge in [0.2, 0.25) is 0 Å². The van der Waals surface area contributed by atoms with Crippen LogP contribution < -0.4 is 10.6 Å². The van der Waals surface area contributed by atoms with Crippen molar-refractivity contribution < 1.29 is 0 Å². The van der Waals surface area contributed by atoms with E-state index < -0.39 is 0 Å². The van der Waals surface area contributed by atoms with Crippen LogP contribution in [0.15, 0.2) is 47.7 Å². The number of hydrogen-bond acceptors (Lipinski definition) is 3. The molecule has 28 heavy (non-hydrogen) atoms. The zero-order valence-corrected chi connectivity index (χ0v) is 17.3. The number of aliphatic imine (C=N–C) groups is 1. The fourth-order valence-electron chi connectivity index (χ4n) is 3.64. The molecule has 6 heteroatoms. The summed E-state index contributed by atoms with van der Waals surface area (Å²) < 4.78 is 1.96. The SMILES string of the molecule is CN=C(NCCCn1cccn1)NCC1CCN(Cc2ccc(C)cc2)CC1. The Bertz CT molecular complexity index is 699. The van der Waals surface area contributed by atoms with Gasteiger partial charge in [0.05, 0.1) is 0 Å². The Balaban J connectivity index is 1.29. The first-order valence-electron chi connectivity index (χ1n) is 10.4. The van der Waals surface area contributed by atoms with Crippen molar-refractivity contribution in [1.82, 2.24) is 25.3 Å². The topological polar surface area (TPSA) is 57.5 Å². The summed E-state index contributed by atoms with van der Waals surface area (Å²) in [5.74, 6) is 1.62. The predicted octanol–water partition coefficient (Wildman–Crippen LogP) is 2.66. The molecule has 1 aromatic heterocycles. The summed E-state index contributed by atoms with van der Waals surface area (Å²) >= 11 is 0. The third-order valence-electron chi connectivity index (χ3n) is 5.43. The van der Waals surface area contributed by atoms with Crippen LogP contribution in [-0.4, -0.2) is 53.9 Å². The van der Waals surface area contributed by atoms with Gasteiger partial charge in [0.1, 0.15) is 0 Å². The molecule has 1 saturated heterocycles. The smallest absolute Gasteiger partial charge is 0.190 e. The Morgan fingerprint density at radius 2 is 1.96 bits per heavy atom. The molecule has 2 aromatic rings. The molecule has 0 radical (unpaired) electrons. The van der Waals surface area contributed by atoms with E-state index in [0.29, 0.717) is 0 Å². The van der Waals surface area contributed by atoms with Crippen LogP contribution >= 0.6 is 0 Å². The fourth-order valence-corrected chi connectivity index (χ4v) is 3.64. The van der Waals surface area contributed by atoms with Crippen molar-refractivity contribution >= 4 is 5.96 Å². The molecule has 0 atom stereocenters. The monoisotopic (exact) mass is 382 g/mol. The van der Waals surface area contributed by atoms with Gasteiger partial charge in [0, 0.05) is 45.6 Å². The Labute approximate surface area is 169 Å². The number of nitrogens with one attached hydrogen (secondary N) is 2. The number of guanidine groups is 1. The molecule has 0 aliphatic carbocycles. The number of benzene rings is 1. The molecule has 3 rings (SSSR count). The quantitative estimate of drug-likeness (QED) is 0.419. The van der Waals surface area contributed by atoms with E-state index in [0.717, 1.165) is 44.5 Å². The van der Waals surface area contributed by atoms with Gasteiger partial charge in [-0.3, -0.25) is 14.6 Å². The number of piperidine rings is 1. The fraction of sp³-hybridized carbons (Fsp3) is 0.545. The minimum atomic E-state index is 0.719. The Morgan fingerprint density at radius 1 is 1.18 bits per heavy atom. The number of hydrogen-bond donors (Lipinski definition) is 2. The molecule has 0 unspecified atom stereocenters. The van der Waals surface area contributed by atoms with Crippen molar-refractivity contribution in [3.05, 3.63) is 53.9 Å². The second-order valence-corrected chi connectivity index (χ2v) is 7.71. The van der Waals surface area contributed by atoms with Crippen LogP contribution in [-0.2, 0) is 13.1 Å². The largest absolute Gasteiger partial charge is 0.356 e. The van der Waals surface area contributed by atoms with Gasteiger partial charge >= 0.3 is 0 Å². The molecule has 1 aliphatic heterocycles. The Morgan fingerprint density at radius 3 is 2.64 bits per heavy atom. The van der Waals surface area contributed by atoms with E-state index in [9.17, 15) is 0 Å². The molecule has 0 bridgehead atoms. The molecule has 1 fully saturated rings. The van der Waals surface area contributed by atoms with E-state index in [2.05, 4.69) is 56.8 Å². The van der Waals surface area contributed by atoms with E-state index in [-0.39, 0.29) is 0 Å². The Kier molecular flexibility index (Phi) is 7.91. The highest BCUT2D eigenvalue weighted by Crippen LogP contribution is 2.18. The van der Waals surface area contributed by atoms with Crippen molar-refractivity contribution in [3.8, 4) is 0 Å². The molecule has 6 nitrogen and oxygen atoms in total. The maximum atomic E-state index is 4.35. The first kappa shape index (κ1) is 20.4. The number of nitrogens with zero attached hydrogens (tertiary/aromatic N) is 4. The van der Waals surface area contributed by atoms with Crippen molar-refractivity contribution in [2.45, 2.75) is 39.3 Å². The first-order chi connectivity index (χ1) is 13.7. The van der Waals surface area contributed by atoms with Gasteiger partial charge in [-0.05, 0) is 56.8 Å². The molecule has 0 saturated carbocycles. The summed E-state index contributed by atoms with van der Waals surface area (Å²) in [6, 6.07) is 10.9.